The molecule has 0 bridgehead atoms. The molecule has 144 valence electrons. The number of halogens is 1. The Labute approximate surface area is 160 Å². The smallest absolute Gasteiger partial charge is 0.308 e. The summed E-state index contributed by atoms with van der Waals surface area (Å²) in [6, 6.07) is 11.7. The quantitative estimate of drug-likeness (QED) is 0.610. The number of imide groups is 1. The first-order valence-electron chi connectivity index (χ1n) is 8.58. The van der Waals surface area contributed by atoms with Crippen LogP contribution in [0.5, 0.6) is 0 Å². The second-order valence-corrected chi connectivity index (χ2v) is 6.19. The van der Waals surface area contributed by atoms with E-state index in [9.17, 15) is 23.6 Å². The summed E-state index contributed by atoms with van der Waals surface area (Å²) in [7, 11) is 0. The van der Waals surface area contributed by atoms with E-state index in [1.807, 2.05) is 0 Å². The lowest BCUT2D eigenvalue weighted by molar-refractivity contribution is -0.153. The van der Waals surface area contributed by atoms with Crippen LogP contribution in [0.2, 0.25) is 0 Å². The van der Waals surface area contributed by atoms with Crippen LogP contribution in [0.4, 0.5) is 10.1 Å². The summed E-state index contributed by atoms with van der Waals surface area (Å²) in [6.07, 6.45) is -1.37. The van der Waals surface area contributed by atoms with Gasteiger partial charge in [0.05, 0.1) is 17.5 Å². The highest BCUT2D eigenvalue weighted by atomic mass is 19.1. The van der Waals surface area contributed by atoms with E-state index in [0.717, 1.165) is 11.0 Å². The van der Waals surface area contributed by atoms with E-state index < -0.39 is 35.6 Å². The lowest BCUT2D eigenvalue weighted by atomic mass is 10.1. The van der Waals surface area contributed by atoms with Crippen LogP contribution in [0.15, 0.2) is 48.5 Å². The van der Waals surface area contributed by atoms with Crippen molar-refractivity contribution in [2.24, 2.45) is 0 Å². The van der Waals surface area contributed by atoms with Gasteiger partial charge in [-0.1, -0.05) is 18.2 Å². The Bertz CT molecular complexity index is 924. The second kappa shape index (κ2) is 7.99. The van der Waals surface area contributed by atoms with E-state index in [4.69, 9.17) is 4.74 Å². The first-order chi connectivity index (χ1) is 13.4. The second-order valence-electron chi connectivity index (χ2n) is 6.19. The first kappa shape index (κ1) is 19.2. The number of carbonyl (C=O) groups excluding carboxylic acids is 4. The Balaban J connectivity index is 1.51. The highest BCUT2D eigenvalue weighted by Gasteiger charge is 2.35. The molecule has 2 aromatic rings. The molecule has 0 unspecified atom stereocenters. The number of nitrogens with one attached hydrogen (secondary N) is 1. The summed E-state index contributed by atoms with van der Waals surface area (Å²) in [4.78, 5) is 49.5. The minimum Gasteiger partial charge on any atom is -0.452 e. The van der Waals surface area contributed by atoms with Crippen molar-refractivity contribution in [3.63, 3.8) is 0 Å². The van der Waals surface area contributed by atoms with Crippen LogP contribution in [0.3, 0.4) is 0 Å². The molecule has 1 aliphatic rings. The van der Waals surface area contributed by atoms with Gasteiger partial charge in [0, 0.05) is 12.2 Å². The maximum atomic E-state index is 13.1. The van der Waals surface area contributed by atoms with Gasteiger partial charge >= 0.3 is 5.97 Å². The van der Waals surface area contributed by atoms with Gasteiger partial charge in [-0.05, 0) is 37.3 Å². The molecule has 28 heavy (non-hydrogen) atoms. The van der Waals surface area contributed by atoms with E-state index in [0.29, 0.717) is 11.1 Å². The number of hydrogen-bond donors (Lipinski definition) is 1. The molecular formula is C20H17FN2O5. The molecule has 0 aliphatic carbocycles. The molecule has 0 aromatic heterocycles. The van der Waals surface area contributed by atoms with Crippen molar-refractivity contribution in [1.82, 2.24) is 4.90 Å². The standard InChI is InChI=1S/C20H17FN2O5/c1-12(18(25)22-14-6-4-5-13(21)11-14)28-17(24)9-10-23-19(26)15-7-2-3-8-16(15)20(23)27/h2-8,11-12H,9-10H2,1H3,(H,22,25)/t12-/m1/s1. The highest BCUT2D eigenvalue weighted by Crippen LogP contribution is 2.22. The number of carbonyl (C=O) groups is 4. The van der Waals surface area contributed by atoms with Crippen molar-refractivity contribution in [2.45, 2.75) is 19.4 Å². The van der Waals surface area contributed by atoms with E-state index >= 15 is 0 Å². The van der Waals surface area contributed by atoms with E-state index in [1.54, 1.807) is 24.3 Å². The van der Waals surface area contributed by atoms with Gasteiger partial charge in [0.1, 0.15) is 5.82 Å². The molecule has 0 saturated carbocycles. The molecule has 2 aromatic carbocycles. The monoisotopic (exact) mass is 384 g/mol. The SMILES string of the molecule is C[C@@H](OC(=O)CCN1C(=O)c2ccccc2C1=O)C(=O)Nc1cccc(F)c1. The number of esters is 1. The zero-order chi connectivity index (χ0) is 20.3. The molecule has 1 atom stereocenters. The van der Waals surface area contributed by atoms with Gasteiger partial charge in [0.15, 0.2) is 6.10 Å². The van der Waals surface area contributed by atoms with Gasteiger partial charge in [-0.15, -0.1) is 0 Å². The Kier molecular flexibility index (Phi) is 5.49. The van der Waals surface area contributed by atoms with Gasteiger partial charge in [-0.25, -0.2) is 4.39 Å². The third-order valence-electron chi connectivity index (χ3n) is 4.19. The molecule has 1 N–H and O–H groups in total. The van der Waals surface area contributed by atoms with Gasteiger partial charge < -0.3 is 10.1 Å². The van der Waals surface area contributed by atoms with Crippen molar-refractivity contribution < 1.29 is 28.3 Å². The molecule has 0 spiro atoms. The molecule has 0 radical (unpaired) electrons. The Morgan fingerprint density at radius 3 is 2.32 bits per heavy atom. The summed E-state index contributed by atoms with van der Waals surface area (Å²) >= 11 is 0. The number of amides is 3. The number of fused-ring (bicyclic) bond motifs is 1. The topological polar surface area (TPSA) is 92.8 Å². The number of anilines is 1. The Morgan fingerprint density at radius 2 is 1.71 bits per heavy atom. The van der Waals surface area contributed by atoms with Crippen LogP contribution in [0.1, 0.15) is 34.1 Å². The van der Waals surface area contributed by atoms with E-state index in [2.05, 4.69) is 5.32 Å². The summed E-state index contributed by atoms with van der Waals surface area (Å²) in [5.74, 6) is -2.81. The van der Waals surface area contributed by atoms with E-state index in [-0.39, 0.29) is 18.7 Å². The minimum atomic E-state index is -1.13. The van der Waals surface area contributed by atoms with Crippen molar-refractivity contribution in [3.8, 4) is 0 Å². The summed E-state index contributed by atoms with van der Waals surface area (Å²) < 4.78 is 18.2. The van der Waals surface area contributed by atoms with Gasteiger partial charge in [0.25, 0.3) is 17.7 Å². The van der Waals surface area contributed by atoms with Crippen LogP contribution >= 0.6 is 0 Å². The highest BCUT2D eigenvalue weighted by molar-refractivity contribution is 6.21. The molecule has 7 nitrogen and oxygen atoms in total. The van der Waals surface area contributed by atoms with Crippen molar-refractivity contribution in [2.75, 3.05) is 11.9 Å². The van der Waals surface area contributed by atoms with Crippen LogP contribution in [-0.4, -0.2) is 41.2 Å². The molecular weight excluding hydrogens is 367 g/mol. The third-order valence-corrected chi connectivity index (χ3v) is 4.19. The summed E-state index contributed by atoms with van der Waals surface area (Å²) in [5.41, 5.74) is 0.825. The molecule has 1 aliphatic heterocycles. The minimum absolute atomic E-state index is 0.149. The molecule has 8 heteroatoms. The average molecular weight is 384 g/mol. The van der Waals surface area contributed by atoms with Crippen LogP contribution in [0, 0.1) is 5.82 Å². The number of benzene rings is 2. The molecule has 0 saturated heterocycles. The number of hydrogen-bond acceptors (Lipinski definition) is 5. The lowest BCUT2D eigenvalue weighted by Gasteiger charge is -2.16. The molecule has 3 amide bonds. The van der Waals surface area contributed by atoms with Crippen LogP contribution in [0.25, 0.3) is 0 Å². The normalized spacial score (nSPS) is 13.9. The molecule has 1 heterocycles. The summed E-state index contributed by atoms with van der Waals surface area (Å²) in [6.45, 7) is 1.22. The number of nitrogens with zero attached hydrogens (tertiary/aromatic N) is 1. The fourth-order valence-electron chi connectivity index (χ4n) is 2.77. The molecule has 3 rings (SSSR count). The fraction of sp³-hybridized carbons (Fsp3) is 0.200. The lowest BCUT2D eigenvalue weighted by Crippen LogP contribution is -2.34. The Hall–Kier alpha value is -3.55. The number of ether oxygens (including phenoxy) is 1. The van der Waals surface area contributed by atoms with Gasteiger partial charge in [-0.2, -0.15) is 0 Å². The largest absolute Gasteiger partial charge is 0.452 e. The Morgan fingerprint density at radius 1 is 1.07 bits per heavy atom. The zero-order valence-corrected chi connectivity index (χ0v) is 15.0. The van der Waals surface area contributed by atoms with Gasteiger partial charge in [-0.3, -0.25) is 24.1 Å². The maximum absolute atomic E-state index is 13.1. The maximum Gasteiger partial charge on any atom is 0.308 e. The van der Waals surface area contributed by atoms with Crippen LogP contribution < -0.4 is 5.32 Å². The predicted molar refractivity (Wildman–Crippen MR) is 97.0 cm³/mol. The predicted octanol–water partition coefficient (Wildman–Crippen LogP) is 2.38. The fourth-order valence-corrected chi connectivity index (χ4v) is 2.77. The zero-order valence-electron chi connectivity index (χ0n) is 15.0. The molecule has 0 fully saturated rings. The first-order valence-corrected chi connectivity index (χ1v) is 8.58. The van der Waals surface area contributed by atoms with Gasteiger partial charge in [0.2, 0.25) is 0 Å². The average Bonchev–Trinajstić information content (AvgIpc) is 2.91. The van der Waals surface area contributed by atoms with Crippen molar-refractivity contribution in [3.05, 3.63) is 65.5 Å². The van der Waals surface area contributed by atoms with Crippen molar-refractivity contribution >= 4 is 29.4 Å². The number of rotatable bonds is 6. The van der Waals surface area contributed by atoms with Crippen LogP contribution in [-0.2, 0) is 14.3 Å². The summed E-state index contributed by atoms with van der Waals surface area (Å²) in [5, 5.41) is 2.44. The van der Waals surface area contributed by atoms with Crippen molar-refractivity contribution in [1.29, 1.82) is 0 Å². The van der Waals surface area contributed by atoms with E-state index in [1.165, 1.54) is 25.1 Å². The third kappa shape index (κ3) is 4.06.